The number of nitrogens with zero attached hydrogens (tertiary/aromatic N) is 5. The molecule has 104 valence electrons. The molecule has 0 bridgehead atoms. The lowest BCUT2D eigenvalue weighted by Gasteiger charge is -2.27. The van der Waals surface area contributed by atoms with Crippen LogP contribution in [0.15, 0.2) is 18.5 Å². The van der Waals surface area contributed by atoms with Crippen molar-refractivity contribution in [2.75, 3.05) is 6.54 Å². The Balaban J connectivity index is 1.50. The monoisotopic (exact) mass is 269 g/mol. The van der Waals surface area contributed by atoms with E-state index in [1.165, 1.54) is 29.8 Å². The minimum atomic E-state index is 0.646. The van der Waals surface area contributed by atoms with Gasteiger partial charge < -0.3 is 0 Å². The van der Waals surface area contributed by atoms with Gasteiger partial charge in [0.15, 0.2) is 0 Å². The van der Waals surface area contributed by atoms with Gasteiger partial charge in [-0.1, -0.05) is 0 Å². The fourth-order valence-electron chi connectivity index (χ4n) is 2.85. The second kappa shape index (κ2) is 4.66. The molecule has 0 radical (unpaired) electrons. The zero-order valence-electron chi connectivity index (χ0n) is 11.8. The summed E-state index contributed by atoms with van der Waals surface area (Å²) >= 11 is 0. The largest absolute Gasteiger partial charge is 0.293 e. The molecular formula is C15H19N5. The topological polar surface area (TPSA) is 46.8 Å². The molecule has 3 heterocycles. The molecule has 1 saturated carbocycles. The average Bonchev–Trinajstić information content (AvgIpc) is 3.24. The van der Waals surface area contributed by atoms with Gasteiger partial charge in [-0.2, -0.15) is 5.10 Å². The highest BCUT2D eigenvalue weighted by molar-refractivity contribution is 5.22. The minimum Gasteiger partial charge on any atom is -0.293 e. The molecule has 1 aliphatic heterocycles. The summed E-state index contributed by atoms with van der Waals surface area (Å²) in [6.45, 7) is 2.96. The third-order valence-corrected chi connectivity index (χ3v) is 4.28. The van der Waals surface area contributed by atoms with Crippen molar-refractivity contribution in [3.05, 3.63) is 41.2 Å². The lowest BCUT2D eigenvalue weighted by atomic mass is 10.1. The summed E-state index contributed by atoms with van der Waals surface area (Å²) in [4.78, 5) is 11.8. The number of hydrogen-bond donors (Lipinski definition) is 0. The molecule has 1 fully saturated rings. The summed E-state index contributed by atoms with van der Waals surface area (Å²) in [6.07, 6.45) is 7.48. The number of aromatic nitrogens is 4. The maximum Gasteiger partial charge on any atom is 0.131 e. The average molecular weight is 269 g/mol. The van der Waals surface area contributed by atoms with Crippen molar-refractivity contribution in [3.63, 3.8) is 0 Å². The van der Waals surface area contributed by atoms with Crippen molar-refractivity contribution in [2.24, 2.45) is 7.05 Å². The Morgan fingerprint density at radius 1 is 1.35 bits per heavy atom. The van der Waals surface area contributed by atoms with Crippen LogP contribution in [0.5, 0.6) is 0 Å². The molecule has 1 aliphatic carbocycles. The molecule has 4 rings (SSSR count). The lowest BCUT2D eigenvalue weighted by Crippen LogP contribution is -2.31. The fraction of sp³-hybridized carbons (Fsp3) is 0.533. The van der Waals surface area contributed by atoms with Gasteiger partial charge in [-0.05, 0) is 18.9 Å². The standard InChI is InChI=1S/C15H19N5/c1-19-13(4-6-17-19)10-20-7-5-14-12(9-20)8-16-15(18-14)11-2-3-11/h4,6,8,11H,2-3,5,7,9-10H2,1H3. The second-order valence-electron chi connectivity index (χ2n) is 5.88. The Morgan fingerprint density at radius 2 is 2.25 bits per heavy atom. The molecule has 0 N–H and O–H groups in total. The molecule has 0 unspecified atom stereocenters. The maximum atomic E-state index is 4.77. The molecule has 20 heavy (non-hydrogen) atoms. The molecule has 0 saturated heterocycles. The van der Waals surface area contributed by atoms with E-state index < -0.39 is 0 Å². The summed E-state index contributed by atoms with van der Waals surface area (Å²) in [7, 11) is 2.00. The summed E-state index contributed by atoms with van der Waals surface area (Å²) in [5.74, 6) is 1.72. The number of fused-ring (bicyclic) bond motifs is 1. The fourth-order valence-corrected chi connectivity index (χ4v) is 2.85. The normalized spacial score (nSPS) is 19.1. The number of hydrogen-bond acceptors (Lipinski definition) is 4. The van der Waals surface area contributed by atoms with Crippen LogP contribution in [0, 0.1) is 0 Å². The maximum absolute atomic E-state index is 4.77. The Labute approximate surface area is 118 Å². The summed E-state index contributed by atoms with van der Waals surface area (Å²) in [6, 6.07) is 2.09. The van der Waals surface area contributed by atoms with Crippen LogP contribution in [-0.4, -0.2) is 31.2 Å². The van der Waals surface area contributed by atoms with Gasteiger partial charge in [-0.15, -0.1) is 0 Å². The lowest BCUT2D eigenvalue weighted by molar-refractivity contribution is 0.236. The molecule has 2 aromatic heterocycles. The third kappa shape index (κ3) is 2.22. The first-order valence-electron chi connectivity index (χ1n) is 7.33. The molecular weight excluding hydrogens is 250 g/mol. The van der Waals surface area contributed by atoms with Crippen LogP contribution in [0.4, 0.5) is 0 Å². The molecule has 0 atom stereocenters. The van der Waals surface area contributed by atoms with Crippen molar-refractivity contribution >= 4 is 0 Å². The molecule has 5 heteroatoms. The third-order valence-electron chi connectivity index (χ3n) is 4.28. The van der Waals surface area contributed by atoms with E-state index in [-0.39, 0.29) is 0 Å². The van der Waals surface area contributed by atoms with Gasteiger partial charge in [-0.3, -0.25) is 9.58 Å². The van der Waals surface area contributed by atoms with E-state index >= 15 is 0 Å². The highest BCUT2D eigenvalue weighted by atomic mass is 15.3. The van der Waals surface area contributed by atoms with E-state index in [1.54, 1.807) is 0 Å². The molecule has 2 aromatic rings. The van der Waals surface area contributed by atoms with Crippen LogP contribution in [0.2, 0.25) is 0 Å². The van der Waals surface area contributed by atoms with Crippen molar-refractivity contribution in [2.45, 2.75) is 38.3 Å². The zero-order valence-corrected chi connectivity index (χ0v) is 11.8. The smallest absolute Gasteiger partial charge is 0.131 e. The van der Waals surface area contributed by atoms with E-state index in [2.05, 4.69) is 21.0 Å². The van der Waals surface area contributed by atoms with E-state index in [1.807, 2.05) is 24.1 Å². The summed E-state index contributed by atoms with van der Waals surface area (Å²) in [5.41, 5.74) is 3.81. The van der Waals surface area contributed by atoms with E-state index in [4.69, 9.17) is 4.98 Å². The Morgan fingerprint density at radius 3 is 3.00 bits per heavy atom. The first-order valence-corrected chi connectivity index (χ1v) is 7.33. The second-order valence-corrected chi connectivity index (χ2v) is 5.88. The highest BCUT2D eigenvalue weighted by Gasteiger charge is 2.28. The van der Waals surface area contributed by atoms with Crippen molar-refractivity contribution < 1.29 is 0 Å². The van der Waals surface area contributed by atoms with Crippen LogP contribution < -0.4 is 0 Å². The molecule has 5 nitrogen and oxygen atoms in total. The number of aryl methyl sites for hydroxylation is 1. The van der Waals surface area contributed by atoms with Gasteiger partial charge in [0.2, 0.25) is 0 Å². The van der Waals surface area contributed by atoms with Crippen molar-refractivity contribution in [3.8, 4) is 0 Å². The predicted molar refractivity (Wildman–Crippen MR) is 75.0 cm³/mol. The van der Waals surface area contributed by atoms with E-state index in [0.717, 1.165) is 31.9 Å². The van der Waals surface area contributed by atoms with Gasteiger partial charge in [0.1, 0.15) is 5.82 Å². The quantitative estimate of drug-likeness (QED) is 0.850. The van der Waals surface area contributed by atoms with Crippen molar-refractivity contribution in [1.29, 1.82) is 0 Å². The SMILES string of the molecule is Cn1nccc1CN1CCc2nc(C3CC3)ncc2C1. The zero-order chi connectivity index (χ0) is 13.5. The number of rotatable bonds is 3. The molecule has 2 aliphatic rings. The Kier molecular flexibility index (Phi) is 2.80. The predicted octanol–water partition coefficient (Wildman–Crippen LogP) is 1.65. The summed E-state index contributed by atoms with van der Waals surface area (Å²) in [5, 5.41) is 4.23. The molecule has 0 amide bonds. The van der Waals surface area contributed by atoms with Crippen LogP contribution >= 0.6 is 0 Å². The van der Waals surface area contributed by atoms with E-state index in [0.29, 0.717) is 5.92 Å². The Bertz CT molecular complexity index is 629. The molecule has 0 aromatic carbocycles. The molecule has 0 spiro atoms. The highest BCUT2D eigenvalue weighted by Crippen LogP contribution is 2.38. The summed E-state index contributed by atoms with van der Waals surface area (Å²) < 4.78 is 1.95. The van der Waals surface area contributed by atoms with Gasteiger partial charge in [0, 0.05) is 62.7 Å². The minimum absolute atomic E-state index is 0.646. The van der Waals surface area contributed by atoms with Gasteiger partial charge in [0.05, 0.1) is 5.69 Å². The first-order chi connectivity index (χ1) is 9.79. The Hall–Kier alpha value is -1.75. The van der Waals surface area contributed by atoms with Crippen LogP contribution in [-0.2, 0) is 26.6 Å². The van der Waals surface area contributed by atoms with Gasteiger partial charge >= 0.3 is 0 Å². The van der Waals surface area contributed by atoms with Gasteiger partial charge in [-0.25, -0.2) is 9.97 Å². The van der Waals surface area contributed by atoms with E-state index in [9.17, 15) is 0 Å². The van der Waals surface area contributed by atoms with Crippen LogP contribution in [0.3, 0.4) is 0 Å². The van der Waals surface area contributed by atoms with Gasteiger partial charge in [0.25, 0.3) is 0 Å². The van der Waals surface area contributed by atoms with Crippen LogP contribution in [0.1, 0.15) is 41.5 Å². The first kappa shape index (κ1) is 12.0. The van der Waals surface area contributed by atoms with Crippen molar-refractivity contribution in [1.82, 2.24) is 24.6 Å². The van der Waals surface area contributed by atoms with Crippen LogP contribution in [0.25, 0.3) is 0 Å².